The molecule has 1 heterocycles. The van der Waals surface area contributed by atoms with Gasteiger partial charge in [0.1, 0.15) is 0 Å². The number of nitrogens with zero attached hydrogens (tertiary/aromatic N) is 2. The summed E-state index contributed by atoms with van der Waals surface area (Å²) in [6.07, 6.45) is 8.01. The van der Waals surface area contributed by atoms with E-state index < -0.39 is 0 Å². The minimum Gasteiger partial charge on any atom is -0.274 e. The van der Waals surface area contributed by atoms with Crippen LogP contribution in [0.25, 0.3) is 10.2 Å². The van der Waals surface area contributed by atoms with Gasteiger partial charge in [-0.15, -0.1) is 0 Å². The first-order valence-electron chi connectivity index (χ1n) is 9.18. The largest absolute Gasteiger partial charge is 0.274 e. The van der Waals surface area contributed by atoms with E-state index in [9.17, 15) is 4.79 Å². The molecule has 0 saturated heterocycles. The van der Waals surface area contributed by atoms with E-state index >= 15 is 0 Å². The molecule has 0 saturated carbocycles. The minimum absolute atomic E-state index is 0.116. The van der Waals surface area contributed by atoms with Crippen LogP contribution in [-0.2, 0) is 11.2 Å². The number of carbonyl (C=O) groups excluding carboxylic acids is 1. The van der Waals surface area contributed by atoms with E-state index in [0.29, 0.717) is 12.3 Å². The van der Waals surface area contributed by atoms with E-state index in [1.54, 1.807) is 16.2 Å². The van der Waals surface area contributed by atoms with E-state index in [0.717, 1.165) is 40.3 Å². The molecular weight excluding hydrogens is 340 g/mol. The number of hydrogen-bond acceptors (Lipinski definition) is 3. The van der Waals surface area contributed by atoms with Crippen LogP contribution in [0.4, 0.5) is 10.8 Å². The molecule has 1 aromatic heterocycles. The number of rotatable bonds is 5. The highest BCUT2D eigenvalue weighted by Crippen LogP contribution is 2.35. The van der Waals surface area contributed by atoms with E-state index in [1.807, 2.05) is 30.3 Å². The van der Waals surface area contributed by atoms with E-state index in [-0.39, 0.29) is 5.91 Å². The number of hydrogen-bond donors (Lipinski definition) is 0. The van der Waals surface area contributed by atoms with Gasteiger partial charge in [-0.1, -0.05) is 54.7 Å². The second-order valence-electron chi connectivity index (χ2n) is 6.68. The van der Waals surface area contributed by atoms with Crippen LogP contribution in [0.1, 0.15) is 31.7 Å². The molecule has 26 heavy (non-hydrogen) atoms. The Labute approximate surface area is 158 Å². The number of amides is 1. The predicted octanol–water partition coefficient (Wildman–Crippen LogP) is 5.88. The van der Waals surface area contributed by atoms with Crippen molar-refractivity contribution in [3.05, 3.63) is 66.2 Å². The zero-order valence-electron chi connectivity index (χ0n) is 14.9. The van der Waals surface area contributed by atoms with E-state index in [4.69, 9.17) is 4.98 Å². The quantitative estimate of drug-likeness (QED) is 0.531. The van der Waals surface area contributed by atoms with Crippen molar-refractivity contribution in [2.24, 2.45) is 5.92 Å². The van der Waals surface area contributed by atoms with Crippen molar-refractivity contribution in [2.45, 2.75) is 32.6 Å². The highest BCUT2D eigenvalue weighted by atomic mass is 32.1. The number of para-hydroxylation sites is 1. The van der Waals surface area contributed by atoms with Gasteiger partial charge < -0.3 is 0 Å². The van der Waals surface area contributed by atoms with Gasteiger partial charge in [0.25, 0.3) is 0 Å². The van der Waals surface area contributed by atoms with Crippen molar-refractivity contribution >= 4 is 38.3 Å². The third-order valence-corrected chi connectivity index (χ3v) is 5.90. The standard InChI is InChI=1S/C22H22N2OS/c1-2-16-11-13-18(14-12-16)24(21(25)15-17-7-3-4-8-17)22-23-19-9-5-6-10-20(19)26-22/h3,5-7,9-14,17H,2,4,8,15H2,1H3. The van der Waals surface area contributed by atoms with Gasteiger partial charge in [0.2, 0.25) is 5.91 Å². The number of aromatic nitrogens is 1. The summed E-state index contributed by atoms with van der Waals surface area (Å²) in [7, 11) is 0. The zero-order valence-corrected chi connectivity index (χ0v) is 15.7. The molecule has 3 aromatic rings. The molecule has 0 spiro atoms. The molecule has 132 valence electrons. The lowest BCUT2D eigenvalue weighted by atomic mass is 10.0. The van der Waals surface area contributed by atoms with Crippen LogP contribution in [0.5, 0.6) is 0 Å². The molecule has 4 heteroatoms. The summed E-state index contributed by atoms with van der Waals surface area (Å²) in [5, 5.41) is 0.752. The molecule has 1 amide bonds. The third-order valence-electron chi connectivity index (χ3n) is 4.88. The van der Waals surface area contributed by atoms with Gasteiger partial charge in [-0.2, -0.15) is 0 Å². The molecule has 4 rings (SSSR count). The van der Waals surface area contributed by atoms with Crippen molar-refractivity contribution in [1.82, 2.24) is 4.98 Å². The summed E-state index contributed by atoms with van der Waals surface area (Å²) in [4.78, 5) is 19.7. The number of fused-ring (bicyclic) bond motifs is 1. The first kappa shape index (κ1) is 17.0. The Kier molecular flexibility index (Phi) is 4.85. The lowest BCUT2D eigenvalue weighted by Gasteiger charge is -2.21. The van der Waals surface area contributed by atoms with Crippen LogP contribution < -0.4 is 4.90 Å². The van der Waals surface area contributed by atoms with Crippen LogP contribution in [-0.4, -0.2) is 10.9 Å². The number of allylic oxidation sites excluding steroid dienone is 2. The second-order valence-corrected chi connectivity index (χ2v) is 7.69. The fourth-order valence-corrected chi connectivity index (χ4v) is 4.38. The Morgan fingerprint density at radius 1 is 1.19 bits per heavy atom. The maximum Gasteiger partial charge on any atom is 0.233 e. The van der Waals surface area contributed by atoms with Crippen LogP contribution in [0.3, 0.4) is 0 Å². The molecule has 1 aliphatic rings. The van der Waals surface area contributed by atoms with Crippen LogP contribution in [0.15, 0.2) is 60.7 Å². The summed E-state index contributed by atoms with van der Waals surface area (Å²) in [6, 6.07) is 16.3. The van der Waals surface area contributed by atoms with Crippen molar-refractivity contribution in [3.63, 3.8) is 0 Å². The smallest absolute Gasteiger partial charge is 0.233 e. The first-order chi connectivity index (χ1) is 12.7. The average Bonchev–Trinajstić information content (AvgIpc) is 3.31. The number of aryl methyl sites for hydroxylation is 1. The van der Waals surface area contributed by atoms with Gasteiger partial charge in [-0.05, 0) is 55.0 Å². The SMILES string of the molecule is CCc1ccc(N(C(=O)CC2C=CCC2)c2nc3ccccc3s2)cc1. The second kappa shape index (κ2) is 7.42. The van der Waals surface area contributed by atoms with Gasteiger partial charge in [-0.3, -0.25) is 9.69 Å². The summed E-state index contributed by atoms with van der Waals surface area (Å²) in [5.74, 6) is 0.458. The Balaban J connectivity index is 1.71. The maximum absolute atomic E-state index is 13.2. The molecule has 0 aliphatic heterocycles. The fraction of sp³-hybridized carbons (Fsp3) is 0.273. The molecule has 1 aliphatic carbocycles. The van der Waals surface area contributed by atoms with Crippen molar-refractivity contribution in [1.29, 1.82) is 0 Å². The molecule has 0 bridgehead atoms. The van der Waals surface area contributed by atoms with Crippen LogP contribution in [0, 0.1) is 5.92 Å². The lowest BCUT2D eigenvalue weighted by Crippen LogP contribution is -2.27. The van der Waals surface area contributed by atoms with Crippen LogP contribution >= 0.6 is 11.3 Å². The summed E-state index contributed by atoms with van der Waals surface area (Å²) < 4.78 is 1.10. The highest BCUT2D eigenvalue weighted by Gasteiger charge is 2.24. The number of benzene rings is 2. The van der Waals surface area contributed by atoms with Gasteiger partial charge in [0.15, 0.2) is 5.13 Å². The van der Waals surface area contributed by atoms with Crippen molar-refractivity contribution in [2.75, 3.05) is 4.90 Å². The molecule has 0 N–H and O–H groups in total. The molecule has 1 unspecified atom stereocenters. The van der Waals surface area contributed by atoms with Gasteiger partial charge in [-0.25, -0.2) is 4.98 Å². The van der Waals surface area contributed by atoms with Gasteiger partial charge >= 0.3 is 0 Å². The average molecular weight is 362 g/mol. The number of thiazole rings is 1. The first-order valence-corrected chi connectivity index (χ1v) is 10.0. The molecule has 3 nitrogen and oxygen atoms in total. The monoisotopic (exact) mass is 362 g/mol. The normalized spacial score (nSPS) is 16.3. The lowest BCUT2D eigenvalue weighted by molar-refractivity contribution is -0.118. The summed E-state index contributed by atoms with van der Waals surface area (Å²) >= 11 is 1.57. The molecular formula is C22H22N2OS. The molecule has 0 fully saturated rings. The van der Waals surface area contributed by atoms with Gasteiger partial charge in [0, 0.05) is 6.42 Å². The van der Waals surface area contributed by atoms with Crippen molar-refractivity contribution < 1.29 is 4.79 Å². The Morgan fingerprint density at radius 3 is 2.69 bits per heavy atom. The van der Waals surface area contributed by atoms with Crippen LogP contribution in [0.2, 0.25) is 0 Å². The number of anilines is 2. The topological polar surface area (TPSA) is 33.2 Å². The Bertz CT molecular complexity index is 909. The summed E-state index contributed by atoms with van der Waals surface area (Å²) in [6.45, 7) is 2.14. The summed E-state index contributed by atoms with van der Waals surface area (Å²) in [5.41, 5.74) is 3.11. The molecule has 2 aromatic carbocycles. The minimum atomic E-state index is 0.116. The molecule has 1 atom stereocenters. The van der Waals surface area contributed by atoms with Crippen molar-refractivity contribution in [3.8, 4) is 0 Å². The highest BCUT2D eigenvalue weighted by molar-refractivity contribution is 7.22. The Hall–Kier alpha value is -2.46. The Morgan fingerprint density at radius 2 is 2.00 bits per heavy atom. The molecule has 0 radical (unpaired) electrons. The maximum atomic E-state index is 13.2. The van der Waals surface area contributed by atoms with E-state index in [1.165, 1.54) is 5.56 Å². The predicted molar refractivity (Wildman–Crippen MR) is 109 cm³/mol. The van der Waals surface area contributed by atoms with Gasteiger partial charge in [0.05, 0.1) is 15.9 Å². The fourth-order valence-electron chi connectivity index (χ4n) is 3.38. The zero-order chi connectivity index (χ0) is 17.9. The van der Waals surface area contributed by atoms with E-state index in [2.05, 4.69) is 37.3 Å². The number of carbonyl (C=O) groups is 1. The third kappa shape index (κ3) is 3.42.